The van der Waals surface area contributed by atoms with Crippen LogP contribution in [0.3, 0.4) is 0 Å². The lowest BCUT2D eigenvalue weighted by Gasteiger charge is -1.98. The van der Waals surface area contributed by atoms with Crippen molar-refractivity contribution in [3.8, 4) is 0 Å². The van der Waals surface area contributed by atoms with E-state index in [0.29, 0.717) is 0 Å². The number of aromatic amines is 1. The van der Waals surface area contributed by atoms with E-state index in [9.17, 15) is 4.39 Å². The van der Waals surface area contributed by atoms with Crippen LogP contribution in [-0.4, -0.2) is 9.97 Å². The van der Waals surface area contributed by atoms with E-state index < -0.39 is 0 Å². The molecule has 0 radical (unpaired) electrons. The topological polar surface area (TPSA) is 28.7 Å². The largest absolute Gasteiger partial charge is 0.340 e. The highest BCUT2D eigenvalue weighted by Gasteiger charge is 1.98. The summed E-state index contributed by atoms with van der Waals surface area (Å²) in [7, 11) is 0. The van der Waals surface area contributed by atoms with Gasteiger partial charge in [-0.05, 0) is 17.7 Å². The van der Waals surface area contributed by atoms with Crippen LogP contribution in [0.15, 0.2) is 41.8 Å². The molecule has 0 fully saturated rings. The minimum Gasteiger partial charge on any atom is -0.340 e. The van der Waals surface area contributed by atoms with Crippen molar-refractivity contribution >= 4 is 11.8 Å². The molecule has 1 aromatic heterocycles. The van der Waals surface area contributed by atoms with Crippen molar-refractivity contribution in [1.29, 1.82) is 0 Å². The first-order chi connectivity index (χ1) is 6.84. The van der Waals surface area contributed by atoms with Gasteiger partial charge in [-0.15, -0.1) is 0 Å². The number of halogens is 1. The first-order valence-electron chi connectivity index (χ1n) is 4.21. The van der Waals surface area contributed by atoms with Crippen molar-refractivity contribution in [3.05, 3.63) is 48.0 Å². The number of nitrogens with one attached hydrogen (secondary N) is 1. The molecule has 0 saturated heterocycles. The summed E-state index contributed by atoms with van der Waals surface area (Å²) in [6, 6.07) is 6.60. The van der Waals surface area contributed by atoms with E-state index in [2.05, 4.69) is 9.97 Å². The summed E-state index contributed by atoms with van der Waals surface area (Å²) in [5, 5.41) is 0.856. The van der Waals surface area contributed by atoms with Crippen LogP contribution in [0.1, 0.15) is 5.56 Å². The highest BCUT2D eigenvalue weighted by molar-refractivity contribution is 7.98. The van der Waals surface area contributed by atoms with E-state index in [-0.39, 0.29) is 5.82 Å². The van der Waals surface area contributed by atoms with Crippen LogP contribution in [0.2, 0.25) is 0 Å². The van der Waals surface area contributed by atoms with Crippen molar-refractivity contribution in [2.75, 3.05) is 0 Å². The Labute approximate surface area is 85.6 Å². The average molecular weight is 208 g/mol. The lowest BCUT2D eigenvalue weighted by atomic mass is 10.2. The number of hydrogen-bond acceptors (Lipinski definition) is 2. The first kappa shape index (κ1) is 9.27. The SMILES string of the molecule is Fc1cccc(CSc2ncc[nH]2)c1. The zero-order chi connectivity index (χ0) is 9.80. The summed E-state index contributed by atoms with van der Waals surface area (Å²) in [6.45, 7) is 0. The fraction of sp³-hybridized carbons (Fsp3) is 0.100. The Morgan fingerprint density at radius 3 is 3.07 bits per heavy atom. The van der Waals surface area contributed by atoms with Gasteiger partial charge in [0.2, 0.25) is 0 Å². The molecule has 2 rings (SSSR count). The molecule has 0 spiro atoms. The predicted molar refractivity (Wildman–Crippen MR) is 54.5 cm³/mol. The van der Waals surface area contributed by atoms with Gasteiger partial charge in [0.1, 0.15) is 5.82 Å². The molecule has 1 heterocycles. The molecule has 0 aliphatic rings. The zero-order valence-electron chi connectivity index (χ0n) is 7.40. The van der Waals surface area contributed by atoms with Gasteiger partial charge < -0.3 is 4.98 Å². The molecule has 1 N–H and O–H groups in total. The zero-order valence-corrected chi connectivity index (χ0v) is 8.22. The summed E-state index contributed by atoms with van der Waals surface area (Å²) in [4.78, 5) is 7.05. The minimum absolute atomic E-state index is 0.192. The fourth-order valence-electron chi connectivity index (χ4n) is 1.11. The number of benzene rings is 1. The summed E-state index contributed by atoms with van der Waals surface area (Å²) in [6.07, 6.45) is 3.47. The number of thioether (sulfide) groups is 1. The quantitative estimate of drug-likeness (QED) is 0.786. The first-order valence-corrected chi connectivity index (χ1v) is 5.20. The lowest BCUT2D eigenvalue weighted by Crippen LogP contribution is -1.83. The maximum atomic E-state index is 12.8. The molecular weight excluding hydrogens is 199 g/mol. The van der Waals surface area contributed by atoms with E-state index in [1.54, 1.807) is 30.2 Å². The molecule has 0 atom stereocenters. The van der Waals surface area contributed by atoms with Crippen LogP contribution in [0, 0.1) is 5.82 Å². The van der Waals surface area contributed by atoms with Crippen molar-refractivity contribution in [2.24, 2.45) is 0 Å². The Bertz CT molecular complexity index is 400. The molecule has 0 aliphatic carbocycles. The molecule has 0 unspecified atom stereocenters. The van der Waals surface area contributed by atoms with Gasteiger partial charge in [0.15, 0.2) is 5.16 Å². The Balaban J connectivity index is 1.98. The molecule has 0 amide bonds. The van der Waals surface area contributed by atoms with Crippen LogP contribution < -0.4 is 0 Å². The molecule has 14 heavy (non-hydrogen) atoms. The van der Waals surface area contributed by atoms with Crippen LogP contribution >= 0.6 is 11.8 Å². The van der Waals surface area contributed by atoms with E-state index in [1.165, 1.54) is 12.1 Å². The Kier molecular flexibility index (Phi) is 2.84. The van der Waals surface area contributed by atoms with Gasteiger partial charge in [0.25, 0.3) is 0 Å². The number of aromatic nitrogens is 2. The summed E-state index contributed by atoms with van der Waals surface area (Å²) >= 11 is 1.56. The number of H-pyrrole nitrogens is 1. The molecule has 0 saturated carbocycles. The second kappa shape index (κ2) is 4.28. The van der Waals surface area contributed by atoms with Gasteiger partial charge in [-0.3, -0.25) is 0 Å². The van der Waals surface area contributed by atoms with Gasteiger partial charge in [0.05, 0.1) is 0 Å². The van der Waals surface area contributed by atoms with Crippen molar-refractivity contribution in [2.45, 2.75) is 10.9 Å². The predicted octanol–water partition coefficient (Wildman–Crippen LogP) is 2.84. The van der Waals surface area contributed by atoms with Crippen molar-refractivity contribution < 1.29 is 4.39 Å². The van der Waals surface area contributed by atoms with Gasteiger partial charge in [-0.1, -0.05) is 23.9 Å². The number of nitrogens with zero attached hydrogens (tertiary/aromatic N) is 1. The molecular formula is C10H9FN2S. The van der Waals surface area contributed by atoms with Crippen LogP contribution in [0.5, 0.6) is 0 Å². The highest BCUT2D eigenvalue weighted by atomic mass is 32.2. The van der Waals surface area contributed by atoms with E-state index in [1.807, 2.05) is 6.07 Å². The maximum Gasteiger partial charge on any atom is 0.165 e. The molecule has 4 heteroatoms. The highest BCUT2D eigenvalue weighted by Crippen LogP contribution is 2.18. The van der Waals surface area contributed by atoms with Gasteiger partial charge in [-0.25, -0.2) is 9.37 Å². The Morgan fingerprint density at radius 1 is 1.43 bits per heavy atom. The second-order valence-corrected chi connectivity index (χ2v) is 3.78. The fourth-order valence-corrected chi connectivity index (χ4v) is 1.88. The molecule has 72 valence electrons. The van der Waals surface area contributed by atoms with E-state index >= 15 is 0 Å². The van der Waals surface area contributed by atoms with E-state index in [4.69, 9.17) is 0 Å². The van der Waals surface area contributed by atoms with Crippen LogP contribution in [0.25, 0.3) is 0 Å². The molecule has 0 aliphatic heterocycles. The van der Waals surface area contributed by atoms with Crippen molar-refractivity contribution in [3.63, 3.8) is 0 Å². The summed E-state index contributed by atoms with van der Waals surface area (Å²) in [5.74, 6) is 0.535. The third-order valence-electron chi connectivity index (χ3n) is 1.74. The molecule has 1 aromatic carbocycles. The lowest BCUT2D eigenvalue weighted by molar-refractivity contribution is 0.626. The normalized spacial score (nSPS) is 10.4. The Morgan fingerprint density at radius 2 is 2.36 bits per heavy atom. The molecule has 0 bridgehead atoms. The smallest absolute Gasteiger partial charge is 0.165 e. The monoisotopic (exact) mass is 208 g/mol. The minimum atomic E-state index is -0.192. The molecule has 2 nitrogen and oxygen atoms in total. The number of imidazole rings is 1. The summed E-state index contributed by atoms with van der Waals surface area (Å²) in [5.41, 5.74) is 0.964. The van der Waals surface area contributed by atoms with Gasteiger partial charge in [-0.2, -0.15) is 0 Å². The third kappa shape index (κ3) is 2.35. The van der Waals surface area contributed by atoms with Crippen LogP contribution in [0.4, 0.5) is 4.39 Å². The average Bonchev–Trinajstić information content (AvgIpc) is 2.67. The number of hydrogen-bond donors (Lipinski definition) is 1. The number of rotatable bonds is 3. The standard InChI is InChI=1S/C10H9FN2S/c11-9-3-1-2-8(6-9)7-14-10-12-4-5-13-10/h1-6H,7H2,(H,12,13). The van der Waals surface area contributed by atoms with Crippen LogP contribution in [-0.2, 0) is 5.75 Å². The third-order valence-corrected chi connectivity index (χ3v) is 2.71. The summed E-state index contributed by atoms with van der Waals surface area (Å²) < 4.78 is 12.8. The van der Waals surface area contributed by atoms with Gasteiger partial charge in [0, 0.05) is 18.1 Å². The Hall–Kier alpha value is -1.29. The second-order valence-electron chi connectivity index (χ2n) is 2.81. The van der Waals surface area contributed by atoms with E-state index in [0.717, 1.165) is 16.5 Å². The van der Waals surface area contributed by atoms with Crippen molar-refractivity contribution in [1.82, 2.24) is 9.97 Å². The molecule has 2 aromatic rings. The van der Waals surface area contributed by atoms with Gasteiger partial charge >= 0.3 is 0 Å². The maximum absolute atomic E-state index is 12.8.